The van der Waals surface area contributed by atoms with E-state index < -0.39 is 0 Å². The molecule has 0 saturated carbocycles. The van der Waals surface area contributed by atoms with Gasteiger partial charge in [0.25, 0.3) is 0 Å². The zero-order valence-corrected chi connectivity index (χ0v) is 9.10. The number of halogens is 1. The number of fused-ring (bicyclic) bond motifs is 1. The van der Waals surface area contributed by atoms with E-state index >= 15 is 0 Å². The van der Waals surface area contributed by atoms with Crippen LogP contribution in [0.3, 0.4) is 0 Å². The maximum Gasteiger partial charge on any atom is 0.232 e. The SMILES string of the molecule is CC1CCCN1c1nnc2ccc(F)cn12. The number of hydrogen-bond donors (Lipinski definition) is 0. The summed E-state index contributed by atoms with van der Waals surface area (Å²) in [4.78, 5) is 2.18. The Morgan fingerprint density at radius 1 is 1.38 bits per heavy atom. The largest absolute Gasteiger partial charge is 0.338 e. The van der Waals surface area contributed by atoms with Crippen LogP contribution in [0.1, 0.15) is 19.8 Å². The van der Waals surface area contributed by atoms with Crippen molar-refractivity contribution < 1.29 is 4.39 Å². The van der Waals surface area contributed by atoms with Gasteiger partial charge in [-0.15, -0.1) is 10.2 Å². The highest BCUT2D eigenvalue weighted by molar-refractivity contribution is 5.47. The monoisotopic (exact) mass is 220 g/mol. The second kappa shape index (κ2) is 3.43. The fourth-order valence-electron chi connectivity index (χ4n) is 2.28. The molecule has 0 spiro atoms. The minimum Gasteiger partial charge on any atom is -0.338 e. The van der Waals surface area contributed by atoms with E-state index in [4.69, 9.17) is 0 Å². The van der Waals surface area contributed by atoms with Crippen molar-refractivity contribution in [1.29, 1.82) is 0 Å². The van der Waals surface area contributed by atoms with Crippen molar-refractivity contribution in [2.45, 2.75) is 25.8 Å². The molecule has 16 heavy (non-hydrogen) atoms. The zero-order chi connectivity index (χ0) is 11.1. The molecule has 1 unspecified atom stereocenters. The van der Waals surface area contributed by atoms with Crippen LogP contribution in [0.2, 0.25) is 0 Å². The molecule has 1 aliphatic heterocycles. The van der Waals surface area contributed by atoms with E-state index in [9.17, 15) is 4.39 Å². The summed E-state index contributed by atoms with van der Waals surface area (Å²) < 4.78 is 14.9. The molecule has 0 aromatic carbocycles. The minimum absolute atomic E-state index is 0.264. The van der Waals surface area contributed by atoms with Crippen molar-refractivity contribution in [2.75, 3.05) is 11.4 Å². The van der Waals surface area contributed by atoms with Gasteiger partial charge in [0.15, 0.2) is 5.65 Å². The highest BCUT2D eigenvalue weighted by Gasteiger charge is 2.24. The molecule has 3 rings (SSSR count). The molecule has 84 valence electrons. The topological polar surface area (TPSA) is 33.4 Å². The molecule has 0 amide bonds. The molecule has 0 bridgehead atoms. The summed E-state index contributed by atoms with van der Waals surface area (Å²) in [5.41, 5.74) is 0.690. The molecule has 0 aliphatic carbocycles. The maximum absolute atomic E-state index is 13.2. The molecule has 1 saturated heterocycles. The van der Waals surface area contributed by atoms with E-state index in [0.717, 1.165) is 25.3 Å². The molecule has 2 aromatic rings. The number of pyridine rings is 1. The maximum atomic E-state index is 13.2. The first-order valence-corrected chi connectivity index (χ1v) is 5.52. The van der Waals surface area contributed by atoms with E-state index in [2.05, 4.69) is 22.0 Å². The molecule has 1 atom stereocenters. The van der Waals surface area contributed by atoms with E-state index in [1.807, 2.05) is 0 Å². The molecular weight excluding hydrogens is 207 g/mol. The third-order valence-electron chi connectivity index (χ3n) is 3.16. The quantitative estimate of drug-likeness (QED) is 0.735. The predicted molar refractivity (Wildman–Crippen MR) is 59.0 cm³/mol. The Labute approximate surface area is 92.7 Å². The van der Waals surface area contributed by atoms with Crippen molar-refractivity contribution >= 4 is 11.6 Å². The number of nitrogens with zero attached hydrogens (tertiary/aromatic N) is 4. The summed E-state index contributed by atoms with van der Waals surface area (Å²) in [5, 5.41) is 8.18. The zero-order valence-electron chi connectivity index (χ0n) is 9.10. The molecule has 2 aromatic heterocycles. The predicted octanol–water partition coefficient (Wildman–Crippen LogP) is 1.86. The van der Waals surface area contributed by atoms with Crippen LogP contribution < -0.4 is 4.90 Å². The van der Waals surface area contributed by atoms with Crippen LogP contribution in [-0.2, 0) is 0 Å². The van der Waals surface area contributed by atoms with Crippen molar-refractivity contribution in [3.63, 3.8) is 0 Å². The average Bonchev–Trinajstić information content (AvgIpc) is 2.83. The first-order valence-electron chi connectivity index (χ1n) is 5.52. The smallest absolute Gasteiger partial charge is 0.232 e. The van der Waals surface area contributed by atoms with Crippen LogP contribution in [0.15, 0.2) is 18.3 Å². The van der Waals surface area contributed by atoms with Gasteiger partial charge in [-0.3, -0.25) is 4.40 Å². The van der Waals surface area contributed by atoms with Crippen LogP contribution in [0.25, 0.3) is 5.65 Å². The van der Waals surface area contributed by atoms with Crippen LogP contribution in [0, 0.1) is 5.82 Å². The lowest BCUT2D eigenvalue weighted by molar-refractivity contribution is 0.617. The normalized spacial score (nSPS) is 20.9. The third-order valence-corrected chi connectivity index (χ3v) is 3.16. The number of anilines is 1. The summed E-state index contributed by atoms with van der Waals surface area (Å²) in [7, 11) is 0. The van der Waals surface area contributed by atoms with Gasteiger partial charge in [-0.05, 0) is 31.9 Å². The van der Waals surface area contributed by atoms with E-state index in [0.29, 0.717) is 11.7 Å². The molecule has 4 nitrogen and oxygen atoms in total. The summed E-state index contributed by atoms with van der Waals surface area (Å²) in [6.45, 7) is 3.13. The molecular formula is C11H13FN4. The summed E-state index contributed by atoms with van der Waals surface area (Å²) >= 11 is 0. The highest BCUT2D eigenvalue weighted by atomic mass is 19.1. The number of aromatic nitrogens is 3. The van der Waals surface area contributed by atoms with Crippen molar-refractivity contribution in [1.82, 2.24) is 14.6 Å². The molecule has 0 radical (unpaired) electrons. The highest BCUT2D eigenvalue weighted by Crippen LogP contribution is 2.24. The van der Waals surface area contributed by atoms with Crippen LogP contribution >= 0.6 is 0 Å². The van der Waals surface area contributed by atoms with Gasteiger partial charge in [0, 0.05) is 18.8 Å². The Balaban J connectivity index is 2.12. The fraction of sp³-hybridized carbons (Fsp3) is 0.455. The van der Waals surface area contributed by atoms with Crippen LogP contribution in [0.5, 0.6) is 0 Å². The Hall–Kier alpha value is -1.65. The second-order valence-corrected chi connectivity index (χ2v) is 4.26. The van der Waals surface area contributed by atoms with Gasteiger partial charge in [0.2, 0.25) is 5.95 Å². The van der Waals surface area contributed by atoms with E-state index in [-0.39, 0.29) is 5.82 Å². The summed E-state index contributed by atoms with van der Waals surface area (Å²) in [5.74, 6) is 0.486. The fourth-order valence-corrected chi connectivity index (χ4v) is 2.28. The number of hydrogen-bond acceptors (Lipinski definition) is 3. The van der Waals surface area contributed by atoms with E-state index in [1.165, 1.54) is 12.3 Å². The Morgan fingerprint density at radius 3 is 3.00 bits per heavy atom. The number of rotatable bonds is 1. The van der Waals surface area contributed by atoms with Gasteiger partial charge in [0.1, 0.15) is 5.82 Å². The van der Waals surface area contributed by atoms with Gasteiger partial charge < -0.3 is 4.90 Å². The van der Waals surface area contributed by atoms with E-state index in [1.54, 1.807) is 10.5 Å². The van der Waals surface area contributed by atoms with Gasteiger partial charge in [-0.1, -0.05) is 0 Å². The lowest BCUT2D eigenvalue weighted by Gasteiger charge is -2.20. The first-order chi connectivity index (χ1) is 7.75. The average molecular weight is 220 g/mol. The van der Waals surface area contributed by atoms with Crippen molar-refractivity contribution in [3.8, 4) is 0 Å². The van der Waals surface area contributed by atoms with Crippen LogP contribution in [-0.4, -0.2) is 27.2 Å². The second-order valence-electron chi connectivity index (χ2n) is 4.26. The molecule has 5 heteroatoms. The van der Waals surface area contributed by atoms with Crippen LogP contribution in [0.4, 0.5) is 10.3 Å². The lowest BCUT2D eigenvalue weighted by Crippen LogP contribution is -2.28. The third kappa shape index (κ3) is 1.35. The molecule has 1 aliphatic rings. The van der Waals surface area contributed by atoms with Gasteiger partial charge in [-0.25, -0.2) is 4.39 Å². The standard InChI is InChI=1S/C11H13FN4/c1-8-3-2-6-15(8)11-14-13-10-5-4-9(12)7-16(10)11/h4-5,7-8H,2-3,6H2,1H3. The summed E-state index contributed by atoms with van der Waals surface area (Å²) in [6, 6.07) is 3.50. The van der Waals surface area contributed by atoms with Gasteiger partial charge in [-0.2, -0.15) is 0 Å². The van der Waals surface area contributed by atoms with Gasteiger partial charge >= 0.3 is 0 Å². The minimum atomic E-state index is -0.264. The molecule has 3 heterocycles. The Bertz CT molecular complexity index is 522. The molecule has 1 fully saturated rings. The van der Waals surface area contributed by atoms with Crippen molar-refractivity contribution in [3.05, 3.63) is 24.1 Å². The molecule has 0 N–H and O–H groups in total. The lowest BCUT2D eigenvalue weighted by atomic mass is 10.2. The Kier molecular flexibility index (Phi) is 2.05. The van der Waals surface area contributed by atoms with Gasteiger partial charge in [0.05, 0.1) is 0 Å². The Morgan fingerprint density at radius 2 is 2.25 bits per heavy atom. The van der Waals surface area contributed by atoms with Crippen molar-refractivity contribution in [2.24, 2.45) is 0 Å². The summed E-state index contributed by atoms with van der Waals surface area (Å²) in [6.07, 6.45) is 3.76. The first kappa shape index (κ1) is 9.57.